The van der Waals surface area contributed by atoms with Crippen molar-refractivity contribution in [3.8, 4) is 0 Å². The van der Waals surface area contributed by atoms with Gasteiger partial charge in [0.15, 0.2) is 5.78 Å². The van der Waals surface area contributed by atoms with Crippen molar-refractivity contribution in [1.29, 1.82) is 0 Å². The highest BCUT2D eigenvalue weighted by molar-refractivity contribution is 5.91. The first-order valence-electron chi connectivity index (χ1n) is 9.54. The van der Waals surface area contributed by atoms with E-state index in [-0.39, 0.29) is 11.7 Å². The molecule has 3 amide bonds. The predicted molar refractivity (Wildman–Crippen MR) is 109 cm³/mol. The van der Waals surface area contributed by atoms with Crippen LogP contribution in [-0.4, -0.2) is 48.4 Å². The fourth-order valence-electron chi connectivity index (χ4n) is 3.20. The minimum absolute atomic E-state index is 0.0330. The summed E-state index contributed by atoms with van der Waals surface area (Å²) in [4.78, 5) is 39.0. The summed E-state index contributed by atoms with van der Waals surface area (Å²) < 4.78 is 0. The van der Waals surface area contributed by atoms with Gasteiger partial charge in [-0.05, 0) is 37.9 Å². The lowest BCUT2D eigenvalue weighted by Crippen LogP contribution is -2.50. The zero-order valence-corrected chi connectivity index (χ0v) is 16.4. The number of para-hydroxylation sites is 1. The summed E-state index contributed by atoms with van der Waals surface area (Å²) in [6.07, 6.45) is 3.74. The van der Waals surface area contributed by atoms with Gasteiger partial charge in [-0.25, -0.2) is 4.79 Å². The molecular formula is C20H29N5O3. The van der Waals surface area contributed by atoms with Gasteiger partial charge in [-0.1, -0.05) is 25.1 Å². The van der Waals surface area contributed by atoms with Crippen LogP contribution in [0.25, 0.3) is 10.9 Å². The van der Waals surface area contributed by atoms with Crippen LogP contribution in [0.15, 0.2) is 30.5 Å². The smallest absolute Gasteiger partial charge is 0.312 e. The minimum atomic E-state index is -0.601. The molecule has 0 unspecified atom stereocenters. The van der Waals surface area contributed by atoms with E-state index in [1.165, 1.54) is 0 Å². The van der Waals surface area contributed by atoms with Crippen LogP contribution in [-0.2, 0) is 16.0 Å². The Kier molecular flexibility index (Phi) is 8.01. The Morgan fingerprint density at radius 2 is 1.93 bits per heavy atom. The number of benzene rings is 1. The Labute approximate surface area is 164 Å². The minimum Gasteiger partial charge on any atom is -0.361 e. The zero-order valence-electron chi connectivity index (χ0n) is 16.4. The first-order chi connectivity index (χ1) is 13.5. The second-order valence-electron chi connectivity index (χ2n) is 6.72. The number of Topliss-reactive ketones (excluding diaryl/α,β-unsaturated/α-hetero) is 1. The molecule has 1 aromatic heterocycles. The molecule has 0 aliphatic carbocycles. The number of urea groups is 1. The molecule has 8 heteroatoms. The monoisotopic (exact) mass is 387 g/mol. The standard InChI is InChI=1S/C20H29N5O3/c1-3-18(26)16(9-6-10-23-20(21)28)25-19(27)17(22-2)11-13-12-24-15-8-5-4-7-14(13)15/h4-5,7-8,12,16-17,22,24H,3,6,9-11H2,1-2H3,(H,25,27)(H3,21,23,28)/t16-,17+/m1/s1. The molecule has 0 aliphatic rings. The number of amides is 3. The van der Waals surface area contributed by atoms with E-state index in [1.807, 2.05) is 30.5 Å². The van der Waals surface area contributed by atoms with Gasteiger partial charge in [0.2, 0.25) is 5.91 Å². The Morgan fingerprint density at radius 1 is 1.18 bits per heavy atom. The third kappa shape index (κ3) is 5.82. The van der Waals surface area contributed by atoms with E-state index in [1.54, 1.807) is 14.0 Å². The highest BCUT2D eigenvalue weighted by atomic mass is 16.2. The number of nitrogens with two attached hydrogens (primary N) is 1. The summed E-state index contributed by atoms with van der Waals surface area (Å²) in [5.41, 5.74) is 7.10. The van der Waals surface area contributed by atoms with Crippen LogP contribution in [0, 0.1) is 0 Å². The van der Waals surface area contributed by atoms with E-state index in [2.05, 4.69) is 20.9 Å². The number of ketones is 1. The molecule has 28 heavy (non-hydrogen) atoms. The molecule has 0 saturated carbocycles. The number of rotatable bonds is 11. The van der Waals surface area contributed by atoms with Crippen LogP contribution >= 0.6 is 0 Å². The molecule has 1 aromatic carbocycles. The molecule has 0 bridgehead atoms. The largest absolute Gasteiger partial charge is 0.361 e. The van der Waals surface area contributed by atoms with Gasteiger partial charge in [-0.3, -0.25) is 9.59 Å². The lowest BCUT2D eigenvalue weighted by atomic mass is 10.0. The molecule has 0 saturated heterocycles. The molecule has 1 heterocycles. The number of aromatic nitrogens is 1. The van der Waals surface area contributed by atoms with Gasteiger partial charge in [-0.15, -0.1) is 0 Å². The molecule has 2 atom stereocenters. The average Bonchev–Trinajstić information content (AvgIpc) is 3.10. The SMILES string of the molecule is CCC(=O)[C@@H](CCCNC(N)=O)NC(=O)[C@H](Cc1c[nH]c2ccccc12)NC. The van der Waals surface area contributed by atoms with Crippen molar-refractivity contribution < 1.29 is 14.4 Å². The molecule has 6 N–H and O–H groups in total. The average molecular weight is 387 g/mol. The summed E-state index contributed by atoms with van der Waals surface area (Å²) in [5.74, 6) is -0.253. The van der Waals surface area contributed by atoms with Crippen LogP contribution in [0.4, 0.5) is 4.79 Å². The number of carbonyl (C=O) groups excluding carboxylic acids is 3. The van der Waals surface area contributed by atoms with Crippen molar-refractivity contribution in [2.24, 2.45) is 5.73 Å². The summed E-state index contributed by atoms with van der Waals surface area (Å²) in [6.45, 7) is 2.13. The molecular weight excluding hydrogens is 358 g/mol. The van der Waals surface area contributed by atoms with E-state index in [0.717, 1.165) is 16.5 Å². The molecule has 2 aromatic rings. The normalized spacial score (nSPS) is 13.1. The number of carbonyl (C=O) groups is 3. The van der Waals surface area contributed by atoms with Crippen LogP contribution in [0.2, 0.25) is 0 Å². The van der Waals surface area contributed by atoms with Gasteiger partial charge in [0, 0.05) is 30.1 Å². The summed E-state index contributed by atoms with van der Waals surface area (Å²) in [5, 5.41) is 9.47. The molecule has 152 valence electrons. The summed E-state index contributed by atoms with van der Waals surface area (Å²) in [6, 6.07) is 6.28. The van der Waals surface area contributed by atoms with Gasteiger partial charge < -0.3 is 26.7 Å². The second kappa shape index (κ2) is 10.5. The highest BCUT2D eigenvalue weighted by Gasteiger charge is 2.24. The van der Waals surface area contributed by atoms with Gasteiger partial charge in [0.05, 0.1) is 12.1 Å². The van der Waals surface area contributed by atoms with E-state index in [4.69, 9.17) is 5.73 Å². The number of fused-ring (bicyclic) bond motifs is 1. The molecule has 2 rings (SSSR count). The fraction of sp³-hybridized carbons (Fsp3) is 0.450. The van der Waals surface area contributed by atoms with Crippen LogP contribution in [0.3, 0.4) is 0 Å². The summed E-state index contributed by atoms with van der Waals surface area (Å²) in [7, 11) is 1.73. The second-order valence-corrected chi connectivity index (χ2v) is 6.72. The first kappa shape index (κ1) is 21.4. The van der Waals surface area contributed by atoms with Crippen molar-refractivity contribution in [2.45, 2.75) is 44.7 Å². The Morgan fingerprint density at radius 3 is 2.61 bits per heavy atom. The number of H-pyrrole nitrogens is 1. The number of hydrogen-bond acceptors (Lipinski definition) is 4. The van der Waals surface area contributed by atoms with Crippen LogP contribution in [0.5, 0.6) is 0 Å². The number of likely N-dealkylation sites (N-methyl/N-ethyl adjacent to an activating group) is 1. The van der Waals surface area contributed by atoms with E-state index < -0.39 is 18.1 Å². The highest BCUT2D eigenvalue weighted by Crippen LogP contribution is 2.19. The molecule has 8 nitrogen and oxygen atoms in total. The molecule has 0 aliphatic heterocycles. The van der Waals surface area contributed by atoms with Gasteiger partial charge in [-0.2, -0.15) is 0 Å². The van der Waals surface area contributed by atoms with Crippen molar-refractivity contribution >= 4 is 28.6 Å². The first-order valence-corrected chi connectivity index (χ1v) is 9.54. The van der Waals surface area contributed by atoms with Gasteiger partial charge in [0.1, 0.15) is 0 Å². The Balaban J connectivity index is 2.00. The Bertz CT molecular complexity index is 817. The van der Waals surface area contributed by atoms with Crippen LogP contribution in [0.1, 0.15) is 31.7 Å². The van der Waals surface area contributed by atoms with Crippen molar-refractivity contribution in [2.75, 3.05) is 13.6 Å². The van der Waals surface area contributed by atoms with E-state index in [9.17, 15) is 14.4 Å². The summed E-state index contributed by atoms with van der Waals surface area (Å²) >= 11 is 0. The maximum Gasteiger partial charge on any atom is 0.312 e. The fourth-order valence-corrected chi connectivity index (χ4v) is 3.20. The maximum absolute atomic E-state index is 12.8. The number of primary amides is 1. The third-order valence-electron chi connectivity index (χ3n) is 4.79. The third-order valence-corrected chi connectivity index (χ3v) is 4.79. The predicted octanol–water partition coefficient (Wildman–Crippen LogP) is 1.21. The quantitative estimate of drug-likeness (QED) is 0.371. The van der Waals surface area contributed by atoms with Crippen molar-refractivity contribution in [1.82, 2.24) is 20.9 Å². The maximum atomic E-state index is 12.8. The Hall–Kier alpha value is -2.87. The van der Waals surface area contributed by atoms with Crippen molar-refractivity contribution in [3.63, 3.8) is 0 Å². The van der Waals surface area contributed by atoms with Gasteiger partial charge in [0.25, 0.3) is 0 Å². The molecule has 0 radical (unpaired) electrons. The van der Waals surface area contributed by atoms with Crippen LogP contribution < -0.4 is 21.7 Å². The zero-order chi connectivity index (χ0) is 20.5. The number of nitrogens with one attached hydrogen (secondary N) is 4. The van der Waals surface area contributed by atoms with Gasteiger partial charge >= 0.3 is 6.03 Å². The molecule has 0 spiro atoms. The number of hydrogen-bond donors (Lipinski definition) is 5. The van der Waals surface area contributed by atoms with Crippen molar-refractivity contribution in [3.05, 3.63) is 36.0 Å². The molecule has 0 fully saturated rings. The lowest BCUT2D eigenvalue weighted by molar-refractivity contribution is -0.129. The van der Waals surface area contributed by atoms with E-state index >= 15 is 0 Å². The number of aromatic amines is 1. The van der Waals surface area contributed by atoms with E-state index in [0.29, 0.717) is 32.2 Å². The topological polar surface area (TPSA) is 129 Å². The lowest BCUT2D eigenvalue weighted by Gasteiger charge is -2.21.